The number of halogens is 1. The van der Waals surface area contributed by atoms with E-state index in [-0.39, 0.29) is 18.3 Å². The quantitative estimate of drug-likeness (QED) is 0.633. The van der Waals surface area contributed by atoms with Crippen LogP contribution in [0.2, 0.25) is 0 Å². The number of amides is 1. The molecule has 1 aromatic heterocycles. The molecule has 0 unspecified atom stereocenters. The minimum absolute atomic E-state index is 0.245. The predicted molar refractivity (Wildman–Crippen MR) is 107 cm³/mol. The third-order valence-electron chi connectivity index (χ3n) is 4.20. The van der Waals surface area contributed by atoms with Crippen molar-refractivity contribution in [3.05, 3.63) is 64.8 Å². The molecule has 0 spiro atoms. The van der Waals surface area contributed by atoms with Gasteiger partial charge in [-0.15, -0.1) is 11.3 Å². The van der Waals surface area contributed by atoms with Gasteiger partial charge < -0.3 is 19.5 Å². The van der Waals surface area contributed by atoms with Crippen LogP contribution >= 0.6 is 11.3 Å². The highest BCUT2D eigenvalue weighted by Gasteiger charge is 2.15. The summed E-state index contributed by atoms with van der Waals surface area (Å²) in [5.41, 5.74) is 1.23. The van der Waals surface area contributed by atoms with E-state index in [0.717, 1.165) is 5.56 Å². The van der Waals surface area contributed by atoms with Crippen molar-refractivity contribution in [1.82, 2.24) is 5.32 Å². The lowest BCUT2D eigenvalue weighted by Gasteiger charge is -2.14. The van der Waals surface area contributed by atoms with Crippen molar-refractivity contribution in [1.29, 1.82) is 0 Å². The molecule has 1 heterocycles. The fourth-order valence-electron chi connectivity index (χ4n) is 2.76. The second-order valence-electron chi connectivity index (χ2n) is 5.85. The van der Waals surface area contributed by atoms with E-state index < -0.39 is 0 Å². The molecule has 0 saturated carbocycles. The fraction of sp³-hybridized carbons (Fsp3) is 0.190. The van der Waals surface area contributed by atoms with Crippen LogP contribution in [-0.2, 0) is 6.54 Å². The van der Waals surface area contributed by atoms with Gasteiger partial charge in [-0.25, -0.2) is 4.39 Å². The van der Waals surface area contributed by atoms with Gasteiger partial charge >= 0.3 is 0 Å². The summed E-state index contributed by atoms with van der Waals surface area (Å²) in [4.78, 5) is 13.7. The predicted octanol–water partition coefficient (Wildman–Crippen LogP) is 4.51. The molecule has 0 aliphatic carbocycles. The number of carbonyl (C=O) groups excluding carboxylic acids is 1. The van der Waals surface area contributed by atoms with Crippen LogP contribution in [0.5, 0.6) is 17.2 Å². The first kappa shape index (κ1) is 19.7. The minimum atomic E-state index is -0.314. The summed E-state index contributed by atoms with van der Waals surface area (Å²) < 4.78 is 29.9. The maximum absolute atomic E-state index is 13.9. The summed E-state index contributed by atoms with van der Waals surface area (Å²) in [6.45, 7) is 0.245. The number of carbonyl (C=O) groups is 1. The summed E-state index contributed by atoms with van der Waals surface area (Å²) in [5.74, 6) is 1.11. The van der Waals surface area contributed by atoms with Crippen molar-refractivity contribution in [2.75, 3.05) is 21.3 Å². The highest BCUT2D eigenvalue weighted by Crippen LogP contribution is 2.35. The molecular formula is C21H20FNO4S. The summed E-state index contributed by atoms with van der Waals surface area (Å²) >= 11 is 1.24. The topological polar surface area (TPSA) is 56.8 Å². The van der Waals surface area contributed by atoms with Crippen LogP contribution in [-0.4, -0.2) is 27.2 Å². The summed E-state index contributed by atoms with van der Waals surface area (Å²) in [6.07, 6.45) is 0. The van der Waals surface area contributed by atoms with E-state index in [9.17, 15) is 9.18 Å². The van der Waals surface area contributed by atoms with E-state index in [2.05, 4.69) is 5.32 Å². The van der Waals surface area contributed by atoms with E-state index in [1.807, 2.05) is 0 Å². The van der Waals surface area contributed by atoms with Crippen LogP contribution in [0, 0.1) is 5.82 Å². The van der Waals surface area contributed by atoms with Crippen LogP contribution in [0.1, 0.15) is 15.2 Å². The first-order chi connectivity index (χ1) is 13.6. The van der Waals surface area contributed by atoms with Crippen LogP contribution in [0.15, 0.2) is 48.5 Å². The standard InChI is InChI=1S/C21H20FNO4S/c1-25-16-11-18(27-3)17(26-2)10-13(16)12-23-21(24)20-9-8-19(28-20)14-6-4-5-7-15(14)22/h4-11H,12H2,1-3H3,(H,23,24). The highest BCUT2D eigenvalue weighted by molar-refractivity contribution is 7.17. The lowest BCUT2D eigenvalue weighted by Crippen LogP contribution is -2.22. The van der Waals surface area contributed by atoms with Crippen molar-refractivity contribution in [3.63, 3.8) is 0 Å². The van der Waals surface area contributed by atoms with Gasteiger partial charge in [0, 0.05) is 28.6 Å². The normalized spacial score (nSPS) is 10.4. The van der Waals surface area contributed by atoms with E-state index in [4.69, 9.17) is 14.2 Å². The zero-order chi connectivity index (χ0) is 20.1. The first-order valence-electron chi connectivity index (χ1n) is 8.49. The average molecular weight is 401 g/mol. The lowest BCUT2D eigenvalue weighted by atomic mass is 10.1. The molecule has 3 aromatic rings. The van der Waals surface area contributed by atoms with E-state index in [1.165, 1.54) is 17.4 Å². The summed E-state index contributed by atoms with van der Waals surface area (Å²) in [6, 6.07) is 13.4. The van der Waals surface area contributed by atoms with Crippen LogP contribution < -0.4 is 19.5 Å². The monoisotopic (exact) mass is 401 g/mol. The molecule has 146 valence electrons. The SMILES string of the molecule is COc1cc(OC)c(OC)cc1CNC(=O)c1ccc(-c2ccccc2F)s1. The largest absolute Gasteiger partial charge is 0.496 e. The van der Waals surface area contributed by atoms with Crippen molar-refractivity contribution in [2.45, 2.75) is 6.54 Å². The lowest BCUT2D eigenvalue weighted by molar-refractivity contribution is 0.0954. The molecule has 0 bridgehead atoms. The van der Waals surface area contributed by atoms with Gasteiger partial charge in [-0.3, -0.25) is 4.79 Å². The van der Waals surface area contributed by atoms with Gasteiger partial charge in [-0.2, -0.15) is 0 Å². The Morgan fingerprint density at radius 1 is 0.964 bits per heavy atom. The molecular weight excluding hydrogens is 381 g/mol. The zero-order valence-electron chi connectivity index (χ0n) is 15.7. The number of hydrogen-bond acceptors (Lipinski definition) is 5. The first-order valence-corrected chi connectivity index (χ1v) is 9.30. The van der Waals surface area contributed by atoms with Crippen molar-refractivity contribution in [3.8, 4) is 27.7 Å². The molecule has 3 rings (SSSR count). The molecule has 0 atom stereocenters. The van der Waals surface area contributed by atoms with Crippen molar-refractivity contribution >= 4 is 17.2 Å². The number of ether oxygens (including phenoxy) is 3. The fourth-order valence-corrected chi connectivity index (χ4v) is 3.71. The zero-order valence-corrected chi connectivity index (χ0v) is 16.6. The van der Waals surface area contributed by atoms with Gasteiger partial charge in [0.15, 0.2) is 11.5 Å². The van der Waals surface area contributed by atoms with Crippen molar-refractivity contribution in [2.24, 2.45) is 0 Å². The van der Waals surface area contributed by atoms with E-state index in [1.54, 1.807) is 63.8 Å². The van der Waals surface area contributed by atoms with Gasteiger partial charge in [-0.05, 0) is 24.3 Å². The molecule has 7 heteroatoms. The highest BCUT2D eigenvalue weighted by atomic mass is 32.1. The number of nitrogens with one attached hydrogen (secondary N) is 1. The molecule has 0 saturated heterocycles. The molecule has 5 nitrogen and oxygen atoms in total. The average Bonchev–Trinajstić information content (AvgIpc) is 3.21. The Labute approximate surface area is 166 Å². The van der Waals surface area contributed by atoms with Gasteiger partial charge in [0.1, 0.15) is 11.6 Å². The Morgan fingerprint density at radius 2 is 1.64 bits per heavy atom. The smallest absolute Gasteiger partial charge is 0.261 e. The van der Waals surface area contributed by atoms with Gasteiger partial charge in [0.05, 0.1) is 26.2 Å². The molecule has 1 amide bonds. The second-order valence-corrected chi connectivity index (χ2v) is 6.93. The Kier molecular flexibility index (Phi) is 6.16. The summed E-state index contributed by atoms with van der Waals surface area (Å²) in [7, 11) is 4.64. The van der Waals surface area contributed by atoms with E-state index >= 15 is 0 Å². The molecule has 1 N–H and O–H groups in total. The molecule has 2 aromatic carbocycles. The maximum Gasteiger partial charge on any atom is 0.261 e. The van der Waals surface area contributed by atoms with Crippen LogP contribution in [0.25, 0.3) is 10.4 Å². The minimum Gasteiger partial charge on any atom is -0.496 e. The molecule has 0 radical (unpaired) electrons. The second kappa shape index (κ2) is 8.75. The van der Waals surface area contributed by atoms with Gasteiger partial charge in [-0.1, -0.05) is 18.2 Å². The number of thiophene rings is 1. The molecule has 0 fully saturated rings. The van der Waals surface area contributed by atoms with Crippen LogP contribution in [0.3, 0.4) is 0 Å². The number of benzene rings is 2. The van der Waals surface area contributed by atoms with Crippen LogP contribution in [0.4, 0.5) is 4.39 Å². The number of rotatable bonds is 7. The molecule has 0 aliphatic heterocycles. The Hall–Kier alpha value is -3.06. The Balaban J connectivity index is 1.75. The Bertz CT molecular complexity index is 986. The number of methoxy groups -OCH3 is 3. The van der Waals surface area contributed by atoms with Gasteiger partial charge in [0.25, 0.3) is 5.91 Å². The van der Waals surface area contributed by atoms with Gasteiger partial charge in [0.2, 0.25) is 0 Å². The third kappa shape index (κ3) is 4.09. The molecule has 28 heavy (non-hydrogen) atoms. The Morgan fingerprint density at radius 3 is 2.32 bits per heavy atom. The number of hydrogen-bond donors (Lipinski definition) is 1. The molecule has 0 aliphatic rings. The maximum atomic E-state index is 13.9. The van der Waals surface area contributed by atoms with E-state index in [0.29, 0.717) is 32.6 Å². The summed E-state index contributed by atoms with van der Waals surface area (Å²) in [5, 5.41) is 2.86. The van der Waals surface area contributed by atoms with Crippen molar-refractivity contribution < 1.29 is 23.4 Å². The third-order valence-corrected chi connectivity index (χ3v) is 5.31.